The standard InChI is InChI=1S/C11H13N5O5/c1-20-6-7(11(18)19)12-9(17)5-16-14-10(13-15-16)8-3-2-4-21-8/h2-4,7H,5-6H2,1H3,(H,12,17)(H,18,19). The lowest BCUT2D eigenvalue weighted by molar-refractivity contribution is -0.143. The highest BCUT2D eigenvalue weighted by atomic mass is 16.5. The van der Waals surface area contributed by atoms with Crippen molar-refractivity contribution in [1.82, 2.24) is 25.5 Å². The van der Waals surface area contributed by atoms with Crippen molar-refractivity contribution in [2.45, 2.75) is 12.6 Å². The highest BCUT2D eigenvalue weighted by molar-refractivity contribution is 5.83. The zero-order valence-electron chi connectivity index (χ0n) is 11.1. The van der Waals surface area contributed by atoms with Gasteiger partial charge in [0.05, 0.1) is 12.9 Å². The van der Waals surface area contributed by atoms with Crippen molar-refractivity contribution in [3.05, 3.63) is 18.4 Å². The zero-order chi connectivity index (χ0) is 15.2. The van der Waals surface area contributed by atoms with Gasteiger partial charge in [0, 0.05) is 7.11 Å². The third-order valence-corrected chi connectivity index (χ3v) is 2.45. The summed E-state index contributed by atoms with van der Waals surface area (Å²) in [5, 5.41) is 22.6. The Labute approximate surface area is 118 Å². The molecule has 0 saturated carbocycles. The van der Waals surface area contributed by atoms with Gasteiger partial charge in [0.1, 0.15) is 6.54 Å². The highest BCUT2D eigenvalue weighted by Crippen LogP contribution is 2.12. The number of methoxy groups -OCH3 is 1. The van der Waals surface area contributed by atoms with E-state index in [1.165, 1.54) is 13.4 Å². The van der Waals surface area contributed by atoms with Crippen LogP contribution in [0.3, 0.4) is 0 Å². The van der Waals surface area contributed by atoms with Gasteiger partial charge in [0.2, 0.25) is 11.7 Å². The molecule has 0 aliphatic rings. The molecule has 0 saturated heterocycles. The predicted molar refractivity (Wildman–Crippen MR) is 67.0 cm³/mol. The Kier molecular flexibility index (Phi) is 4.61. The first-order valence-corrected chi connectivity index (χ1v) is 5.93. The number of hydrogen-bond acceptors (Lipinski definition) is 7. The maximum atomic E-state index is 11.7. The Bertz CT molecular complexity index is 608. The minimum atomic E-state index is -1.19. The first-order chi connectivity index (χ1) is 10.1. The topological polar surface area (TPSA) is 132 Å². The number of aliphatic carboxylic acids is 1. The van der Waals surface area contributed by atoms with Gasteiger partial charge in [-0.2, -0.15) is 4.80 Å². The van der Waals surface area contributed by atoms with Crippen LogP contribution >= 0.6 is 0 Å². The smallest absolute Gasteiger partial charge is 0.328 e. The van der Waals surface area contributed by atoms with Crippen molar-refractivity contribution in [2.24, 2.45) is 0 Å². The molecule has 0 radical (unpaired) electrons. The summed E-state index contributed by atoms with van der Waals surface area (Å²) in [4.78, 5) is 23.6. The summed E-state index contributed by atoms with van der Waals surface area (Å²) in [6, 6.07) is 2.20. The van der Waals surface area contributed by atoms with Gasteiger partial charge in [-0.25, -0.2) is 4.79 Å². The number of aromatic nitrogens is 4. The first kappa shape index (κ1) is 14.7. The molecule has 0 aliphatic heterocycles. The van der Waals surface area contributed by atoms with E-state index in [1.54, 1.807) is 12.1 Å². The largest absolute Gasteiger partial charge is 0.480 e. The van der Waals surface area contributed by atoms with Crippen molar-refractivity contribution >= 4 is 11.9 Å². The second-order valence-electron chi connectivity index (χ2n) is 4.03. The third-order valence-electron chi connectivity index (χ3n) is 2.45. The number of carboxylic acids is 1. The molecule has 21 heavy (non-hydrogen) atoms. The normalized spacial score (nSPS) is 12.0. The summed E-state index contributed by atoms with van der Waals surface area (Å²) in [5.74, 6) is -1.10. The summed E-state index contributed by atoms with van der Waals surface area (Å²) >= 11 is 0. The number of carbonyl (C=O) groups is 2. The van der Waals surface area contributed by atoms with Gasteiger partial charge in [-0.3, -0.25) is 4.79 Å². The molecule has 1 unspecified atom stereocenters. The molecule has 0 fully saturated rings. The van der Waals surface area contributed by atoms with Crippen LogP contribution in [0, 0.1) is 0 Å². The van der Waals surface area contributed by atoms with Crippen LogP contribution in [-0.2, 0) is 20.9 Å². The quantitative estimate of drug-likeness (QED) is 0.675. The molecule has 2 aromatic heterocycles. The summed E-state index contributed by atoms with van der Waals surface area (Å²) in [7, 11) is 1.34. The van der Waals surface area contributed by atoms with E-state index in [2.05, 4.69) is 20.7 Å². The third kappa shape index (κ3) is 3.86. The molecule has 2 aromatic rings. The average Bonchev–Trinajstić information content (AvgIpc) is 3.08. The van der Waals surface area contributed by atoms with E-state index in [1.807, 2.05) is 0 Å². The maximum absolute atomic E-state index is 11.7. The van der Waals surface area contributed by atoms with Gasteiger partial charge in [-0.1, -0.05) is 0 Å². The Morgan fingerprint density at radius 1 is 1.57 bits per heavy atom. The fraction of sp³-hybridized carbons (Fsp3) is 0.364. The fourth-order valence-corrected chi connectivity index (χ4v) is 1.52. The lowest BCUT2D eigenvalue weighted by Gasteiger charge is -2.12. The van der Waals surface area contributed by atoms with Crippen molar-refractivity contribution in [1.29, 1.82) is 0 Å². The number of rotatable bonds is 7. The number of furan rings is 1. The maximum Gasteiger partial charge on any atom is 0.328 e. The zero-order valence-corrected chi connectivity index (χ0v) is 11.1. The van der Waals surface area contributed by atoms with Crippen molar-refractivity contribution in [2.75, 3.05) is 13.7 Å². The van der Waals surface area contributed by atoms with E-state index >= 15 is 0 Å². The molecular formula is C11H13N5O5. The molecule has 2 N–H and O–H groups in total. The van der Waals surface area contributed by atoms with E-state index in [9.17, 15) is 9.59 Å². The van der Waals surface area contributed by atoms with Gasteiger partial charge in [-0.05, 0) is 17.3 Å². The van der Waals surface area contributed by atoms with Gasteiger partial charge in [0.15, 0.2) is 11.8 Å². The number of nitrogens with zero attached hydrogens (tertiary/aromatic N) is 4. The molecule has 2 rings (SSSR count). The Balaban J connectivity index is 1.95. The SMILES string of the molecule is COCC(NC(=O)Cn1nnc(-c2ccco2)n1)C(=O)O. The number of hydrogen-bond donors (Lipinski definition) is 2. The van der Waals surface area contributed by atoms with E-state index in [0.29, 0.717) is 5.76 Å². The molecule has 10 heteroatoms. The first-order valence-electron chi connectivity index (χ1n) is 5.93. The lowest BCUT2D eigenvalue weighted by atomic mass is 10.3. The van der Waals surface area contributed by atoms with Gasteiger partial charge in [-0.15, -0.1) is 10.2 Å². The fourth-order valence-electron chi connectivity index (χ4n) is 1.52. The van der Waals surface area contributed by atoms with Crippen LogP contribution in [-0.4, -0.2) is 56.9 Å². The molecule has 0 bridgehead atoms. The van der Waals surface area contributed by atoms with Crippen molar-refractivity contribution in [3.63, 3.8) is 0 Å². The van der Waals surface area contributed by atoms with Crippen molar-refractivity contribution < 1.29 is 23.8 Å². The highest BCUT2D eigenvalue weighted by Gasteiger charge is 2.20. The number of nitrogens with one attached hydrogen (secondary N) is 1. The second kappa shape index (κ2) is 6.61. The van der Waals surface area contributed by atoms with Crippen LogP contribution < -0.4 is 5.32 Å². The van der Waals surface area contributed by atoms with Crippen LogP contribution in [0.1, 0.15) is 0 Å². The van der Waals surface area contributed by atoms with Gasteiger partial charge < -0.3 is 19.6 Å². The number of tetrazole rings is 1. The van der Waals surface area contributed by atoms with E-state index in [-0.39, 0.29) is 19.0 Å². The molecule has 0 aromatic carbocycles. The van der Waals surface area contributed by atoms with Crippen LogP contribution in [0.15, 0.2) is 22.8 Å². The minimum Gasteiger partial charge on any atom is -0.480 e. The summed E-state index contributed by atoms with van der Waals surface area (Å²) in [5.41, 5.74) is 0. The minimum absolute atomic E-state index is 0.135. The molecule has 2 heterocycles. The number of carboxylic acid groups (broad SMARTS) is 1. The second-order valence-corrected chi connectivity index (χ2v) is 4.03. The Morgan fingerprint density at radius 3 is 3.00 bits per heavy atom. The number of carbonyl (C=O) groups excluding carboxylic acids is 1. The number of amides is 1. The summed E-state index contributed by atoms with van der Waals surface area (Å²) in [6.45, 7) is -0.398. The van der Waals surface area contributed by atoms with Crippen LogP contribution in [0.4, 0.5) is 0 Å². The van der Waals surface area contributed by atoms with Gasteiger partial charge in [0.25, 0.3) is 0 Å². The molecule has 1 atom stereocenters. The average molecular weight is 295 g/mol. The molecular weight excluding hydrogens is 282 g/mol. The van der Waals surface area contributed by atoms with Crippen LogP contribution in [0.5, 0.6) is 0 Å². The van der Waals surface area contributed by atoms with Crippen LogP contribution in [0.2, 0.25) is 0 Å². The molecule has 10 nitrogen and oxygen atoms in total. The Morgan fingerprint density at radius 2 is 2.38 bits per heavy atom. The van der Waals surface area contributed by atoms with E-state index in [0.717, 1.165) is 4.80 Å². The molecule has 112 valence electrons. The molecule has 0 aliphatic carbocycles. The summed E-state index contributed by atoms with van der Waals surface area (Å²) < 4.78 is 9.80. The van der Waals surface area contributed by atoms with Crippen molar-refractivity contribution in [3.8, 4) is 11.6 Å². The summed E-state index contributed by atoms with van der Waals surface area (Å²) in [6.07, 6.45) is 1.46. The Hall–Kier alpha value is -2.75. The van der Waals surface area contributed by atoms with E-state index < -0.39 is 17.9 Å². The molecule has 0 spiro atoms. The van der Waals surface area contributed by atoms with Crippen LogP contribution in [0.25, 0.3) is 11.6 Å². The van der Waals surface area contributed by atoms with E-state index in [4.69, 9.17) is 14.3 Å². The molecule has 1 amide bonds. The lowest BCUT2D eigenvalue weighted by Crippen LogP contribution is -2.45. The number of ether oxygens (including phenoxy) is 1. The predicted octanol–water partition coefficient (Wildman–Crippen LogP) is -0.851. The van der Waals surface area contributed by atoms with Gasteiger partial charge >= 0.3 is 5.97 Å². The monoisotopic (exact) mass is 295 g/mol.